The Bertz CT molecular complexity index is 1550. The van der Waals surface area contributed by atoms with Crippen LogP contribution in [0.5, 0.6) is 5.75 Å². The Morgan fingerprint density at radius 1 is 1.11 bits per heavy atom. The number of thiocarbonyl (C=S) groups is 1. The van der Waals surface area contributed by atoms with Crippen LogP contribution in [0.25, 0.3) is 6.08 Å². The molecule has 1 fully saturated rings. The first-order valence-electron chi connectivity index (χ1n) is 10.5. The van der Waals surface area contributed by atoms with Crippen molar-refractivity contribution >= 4 is 62.0 Å². The number of nitro benzene ring substituents is 1. The topological polar surface area (TPSA) is 136 Å². The van der Waals surface area contributed by atoms with E-state index in [9.17, 15) is 28.1 Å². The summed E-state index contributed by atoms with van der Waals surface area (Å²) < 4.78 is 30.5. The molecule has 2 amide bonds. The van der Waals surface area contributed by atoms with E-state index in [1.54, 1.807) is 30.3 Å². The highest BCUT2D eigenvalue weighted by Gasteiger charge is 2.33. The molecular weight excluding hydrogens is 538 g/mol. The minimum absolute atomic E-state index is 0.0250. The van der Waals surface area contributed by atoms with E-state index in [1.807, 2.05) is 0 Å². The Morgan fingerprint density at radius 3 is 2.43 bits per heavy atom. The molecule has 0 radical (unpaired) electrons. The molecule has 0 aromatic heterocycles. The third-order valence-corrected chi connectivity index (χ3v) is 7.64. The number of hydrogen-bond donors (Lipinski definition) is 1. The van der Waals surface area contributed by atoms with Crippen molar-refractivity contribution < 1.29 is 27.1 Å². The molecule has 10 nitrogen and oxygen atoms in total. The van der Waals surface area contributed by atoms with Crippen LogP contribution in [0.15, 0.2) is 82.6 Å². The van der Waals surface area contributed by atoms with Gasteiger partial charge in [0, 0.05) is 17.2 Å². The summed E-state index contributed by atoms with van der Waals surface area (Å²) in [4.78, 5) is 35.5. The zero-order chi connectivity index (χ0) is 26.7. The third kappa shape index (κ3) is 5.85. The normalized spacial score (nSPS) is 14.6. The second-order valence-corrected chi connectivity index (χ2v) is 10.9. The van der Waals surface area contributed by atoms with E-state index in [0.29, 0.717) is 16.7 Å². The first-order chi connectivity index (χ1) is 17.5. The molecule has 0 aliphatic carbocycles. The van der Waals surface area contributed by atoms with Crippen molar-refractivity contribution in [3.05, 3.63) is 105 Å². The summed E-state index contributed by atoms with van der Waals surface area (Å²) in [6, 6.07) is 17.7. The molecule has 188 valence electrons. The fourth-order valence-electron chi connectivity index (χ4n) is 3.21. The number of rotatable bonds is 7. The van der Waals surface area contributed by atoms with Crippen LogP contribution in [0.2, 0.25) is 0 Å². The van der Waals surface area contributed by atoms with Crippen molar-refractivity contribution in [3.8, 4) is 5.75 Å². The predicted octanol–water partition coefficient (Wildman–Crippen LogP) is 4.22. The average Bonchev–Trinajstić information content (AvgIpc) is 3.12. The standard InChI is InChI=1S/C24H17N3O7S3/c1-15-7-12-19(14-20(15)27(30)31)37(32,33)34-18-10-8-16(9-11-18)13-21-23(29)26(24(35)36-21)25-22(28)17-5-3-2-4-6-17/h2-14H,1H3,(H,25,28)/b21-13-. The van der Waals surface area contributed by atoms with E-state index in [2.05, 4.69) is 5.43 Å². The number of nitro groups is 1. The molecule has 0 atom stereocenters. The number of nitrogens with one attached hydrogen (secondary N) is 1. The SMILES string of the molecule is Cc1ccc(S(=O)(=O)Oc2ccc(/C=C3\SC(=S)N(NC(=O)c4ccccc4)C3=O)cc2)cc1[N+](=O)[O-]. The van der Waals surface area contributed by atoms with Crippen LogP contribution in [-0.2, 0) is 14.9 Å². The van der Waals surface area contributed by atoms with Crippen molar-refractivity contribution in [2.24, 2.45) is 0 Å². The smallest absolute Gasteiger partial charge is 0.339 e. The van der Waals surface area contributed by atoms with Gasteiger partial charge in [0.15, 0.2) is 4.32 Å². The van der Waals surface area contributed by atoms with Crippen LogP contribution >= 0.6 is 24.0 Å². The van der Waals surface area contributed by atoms with Gasteiger partial charge in [-0.3, -0.25) is 25.1 Å². The Hall–Kier alpha value is -4.07. The van der Waals surface area contributed by atoms with Gasteiger partial charge in [0.1, 0.15) is 10.6 Å². The highest BCUT2D eigenvalue weighted by Crippen LogP contribution is 2.32. The zero-order valence-corrected chi connectivity index (χ0v) is 21.4. The molecule has 1 aliphatic rings. The lowest BCUT2D eigenvalue weighted by Gasteiger charge is -2.15. The second kappa shape index (κ2) is 10.5. The van der Waals surface area contributed by atoms with Crippen LogP contribution in [0.4, 0.5) is 5.69 Å². The van der Waals surface area contributed by atoms with Gasteiger partial charge in [-0.25, -0.2) is 0 Å². The molecule has 3 aromatic carbocycles. The van der Waals surface area contributed by atoms with Gasteiger partial charge < -0.3 is 4.18 Å². The summed E-state index contributed by atoms with van der Waals surface area (Å²) in [6.45, 7) is 1.50. The van der Waals surface area contributed by atoms with E-state index in [1.165, 1.54) is 49.4 Å². The Balaban J connectivity index is 1.46. The maximum atomic E-state index is 12.8. The maximum absolute atomic E-state index is 12.8. The number of thioether (sulfide) groups is 1. The molecule has 0 spiro atoms. The summed E-state index contributed by atoms with van der Waals surface area (Å²) in [5.41, 5.74) is 3.38. The van der Waals surface area contributed by atoms with Crippen LogP contribution in [0, 0.1) is 17.0 Å². The minimum Gasteiger partial charge on any atom is -0.379 e. The number of carbonyl (C=O) groups is 2. The van der Waals surface area contributed by atoms with E-state index in [-0.39, 0.29) is 25.6 Å². The van der Waals surface area contributed by atoms with Gasteiger partial charge >= 0.3 is 10.1 Å². The molecule has 1 heterocycles. The van der Waals surface area contributed by atoms with E-state index in [4.69, 9.17) is 16.4 Å². The largest absolute Gasteiger partial charge is 0.379 e. The molecule has 1 N–H and O–H groups in total. The summed E-state index contributed by atoms with van der Waals surface area (Å²) in [7, 11) is -4.32. The van der Waals surface area contributed by atoms with Gasteiger partial charge in [-0.05, 0) is 61.1 Å². The Labute approximate surface area is 221 Å². The first-order valence-corrected chi connectivity index (χ1v) is 13.1. The molecule has 1 aliphatic heterocycles. The van der Waals surface area contributed by atoms with Gasteiger partial charge in [-0.2, -0.15) is 13.4 Å². The zero-order valence-electron chi connectivity index (χ0n) is 19.0. The van der Waals surface area contributed by atoms with Crippen molar-refractivity contribution in [2.45, 2.75) is 11.8 Å². The van der Waals surface area contributed by atoms with Gasteiger partial charge in [0.05, 0.1) is 9.83 Å². The van der Waals surface area contributed by atoms with Crippen LogP contribution in [0.3, 0.4) is 0 Å². The van der Waals surface area contributed by atoms with Crippen molar-refractivity contribution in [3.63, 3.8) is 0 Å². The third-order valence-electron chi connectivity index (χ3n) is 5.09. The maximum Gasteiger partial charge on any atom is 0.339 e. The molecule has 0 bridgehead atoms. The summed E-state index contributed by atoms with van der Waals surface area (Å²) in [5, 5.41) is 12.1. The fraction of sp³-hybridized carbons (Fsp3) is 0.0417. The number of hydrogen-bond acceptors (Lipinski definition) is 9. The second-order valence-electron chi connectivity index (χ2n) is 7.64. The number of nitrogens with zero attached hydrogens (tertiary/aromatic N) is 2. The quantitative estimate of drug-likeness (QED) is 0.149. The van der Waals surface area contributed by atoms with E-state index >= 15 is 0 Å². The van der Waals surface area contributed by atoms with Gasteiger partial charge in [-0.15, -0.1) is 0 Å². The molecular formula is C24H17N3O7S3. The number of hydrazine groups is 1. The molecule has 0 saturated carbocycles. The fourth-order valence-corrected chi connectivity index (χ4v) is 5.34. The Kier molecular flexibility index (Phi) is 7.38. The lowest BCUT2D eigenvalue weighted by Crippen LogP contribution is -2.44. The summed E-state index contributed by atoms with van der Waals surface area (Å²) >= 11 is 6.23. The number of carbonyl (C=O) groups excluding carboxylic acids is 2. The molecule has 37 heavy (non-hydrogen) atoms. The molecule has 3 aromatic rings. The van der Waals surface area contributed by atoms with Crippen molar-refractivity contribution in [2.75, 3.05) is 0 Å². The van der Waals surface area contributed by atoms with Crippen molar-refractivity contribution in [1.82, 2.24) is 10.4 Å². The van der Waals surface area contributed by atoms with E-state index < -0.39 is 26.9 Å². The van der Waals surface area contributed by atoms with Crippen LogP contribution < -0.4 is 9.61 Å². The van der Waals surface area contributed by atoms with Crippen molar-refractivity contribution in [1.29, 1.82) is 0 Å². The van der Waals surface area contributed by atoms with Gasteiger partial charge in [-0.1, -0.05) is 48.2 Å². The average molecular weight is 556 g/mol. The van der Waals surface area contributed by atoms with E-state index in [0.717, 1.165) is 22.8 Å². The molecule has 13 heteroatoms. The minimum atomic E-state index is -4.32. The highest BCUT2D eigenvalue weighted by molar-refractivity contribution is 8.26. The lowest BCUT2D eigenvalue weighted by molar-refractivity contribution is -0.385. The highest BCUT2D eigenvalue weighted by atomic mass is 32.2. The summed E-state index contributed by atoms with van der Waals surface area (Å²) in [6.07, 6.45) is 1.54. The van der Waals surface area contributed by atoms with Gasteiger partial charge in [0.2, 0.25) is 0 Å². The van der Waals surface area contributed by atoms with Crippen LogP contribution in [0.1, 0.15) is 21.5 Å². The summed E-state index contributed by atoms with van der Waals surface area (Å²) in [5.74, 6) is -1.02. The Morgan fingerprint density at radius 2 is 1.78 bits per heavy atom. The molecule has 1 saturated heterocycles. The van der Waals surface area contributed by atoms with Gasteiger partial charge in [0.25, 0.3) is 17.5 Å². The monoisotopic (exact) mass is 555 g/mol. The lowest BCUT2D eigenvalue weighted by atomic mass is 10.2. The molecule has 0 unspecified atom stereocenters. The first kappa shape index (κ1) is 26.0. The number of benzene rings is 3. The predicted molar refractivity (Wildman–Crippen MR) is 141 cm³/mol. The number of amides is 2. The molecule has 4 rings (SSSR count). The number of aryl methyl sites for hydroxylation is 1. The van der Waals surface area contributed by atoms with Crippen LogP contribution in [-0.4, -0.2) is 34.5 Å².